The minimum Gasteiger partial charge on any atom is -0.388 e. The minimum atomic E-state index is 0.577. The first-order valence-corrected chi connectivity index (χ1v) is 5.22. The molecule has 1 aromatic carbocycles. The second-order valence-electron chi connectivity index (χ2n) is 3.81. The molecule has 0 aliphatic rings. The average molecular weight is 206 g/mol. The van der Waals surface area contributed by atoms with E-state index in [9.17, 15) is 0 Å². The molecule has 0 aromatic heterocycles. The Bertz CT molecular complexity index is 261. The van der Waals surface area contributed by atoms with Gasteiger partial charge in [-0.25, -0.2) is 0 Å². The van der Waals surface area contributed by atoms with E-state index in [2.05, 4.69) is 49.4 Å². The van der Waals surface area contributed by atoms with E-state index in [0.29, 0.717) is 5.92 Å². The molecule has 0 spiro atoms. The van der Waals surface area contributed by atoms with Crippen LogP contribution in [-0.2, 0) is 11.2 Å². The summed E-state index contributed by atoms with van der Waals surface area (Å²) in [7, 11) is 3.25. The molecule has 0 heterocycles. The molecule has 0 bridgehead atoms. The van der Waals surface area contributed by atoms with Crippen LogP contribution >= 0.6 is 0 Å². The summed E-state index contributed by atoms with van der Waals surface area (Å²) in [5.74, 6) is 0.577. The number of benzene rings is 1. The van der Waals surface area contributed by atoms with Gasteiger partial charge < -0.3 is 4.74 Å². The normalized spacial score (nSPS) is 11.2. The molecule has 84 valence electrons. The van der Waals surface area contributed by atoms with Gasteiger partial charge in [-0.15, -0.1) is 6.58 Å². The van der Waals surface area contributed by atoms with E-state index in [1.807, 2.05) is 6.08 Å². The molecule has 1 atom stereocenters. The Labute approximate surface area is 93.8 Å². The van der Waals surface area contributed by atoms with Crippen LogP contribution in [0.3, 0.4) is 0 Å². The van der Waals surface area contributed by atoms with Crippen LogP contribution in [0, 0.1) is 12.8 Å². The molecule has 1 heteroatoms. The van der Waals surface area contributed by atoms with E-state index in [0.717, 1.165) is 6.42 Å². The third-order valence-electron chi connectivity index (χ3n) is 2.08. The van der Waals surface area contributed by atoms with Crippen LogP contribution in [-0.4, -0.2) is 14.2 Å². The van der Waals surface area contributed by atoms with Crippen LogP contribution in [0.1, 0.15) is 18.1 Å². The van der Waals surface area contributed by atoms with Crippen molar-refractivity contribution in [2.24, 2.45) is 5.92 Å². The van der Waals surface area contributed by atoms with E-state index in [1.165, 1.54) is 11.1 Å². The number of aryl methyl sites for hydroxylation is 1. The van der Waals surface area contributed by atoms with Crippen LogP contribution < -0.4 is 0 Å². The van der Waals surface area contributed by atoms with Gasteiger partial charge >= 0.3 is 0 Å². The van der Waals surface area contributed by atoms with Crippen LogP contribution in [0.15, 0.2) is 36.9 Å². The van der Waals surface area contributed by atoms with Gasteiger partial charge in [0, 0.05) is 14.2 Å². The Morgan fingerprint density at radius 3 is 2.13 bits per heavy atom. The number of ether oxygens (including phenoxy) is 1. The van der Waals surface area contributed by atoms with Crippen molar-refractivity contribution in [3.63, 3.8) is 0 Å². The molecule has 0 amide bonds. The van der Waals surface area contributed by atoms with Crippen LogP contribution in [0.4, 0.5) is 0 Å². The van der Waals surface area contributed by atoms with E-state index in [1.54, 1.807) is 14.2 Å². The lowest BCUT2D eigenvalue weighted by molar-refractivity contribution is 0.277. The fourth-order valence-electron chi connectivity index (χ4n) is 1.18. The first-order valence-electron chi connectivity index (χ1n) is 5.22. The number of rotatable bonds is 3. The zero-order valence-corrected chi connectivity index (χ0v) is 10.3. The van der Waals surface area contributed by atoms with Gasteiger partial charge in [-0.05, 0) is 24.8 Å². The van der Waals surface area contributed by atoms with Gasteiger partial charge in [0.15, 0.2) is 0 Å². The predicted octanol–water partition coefficient (Wildman–Crippen LogP) is 3.62. The average Bonchev–Trinajstić information content (AvgIpc) is 2.22. The van der Waals surface area contributed by atoms with Crippen molar-refractivity contribution in [2.75, 3.05) is 14.2 Å². The van der Waals surface area contributed by atoms with E-state index in [4.69, 9.17) is 0 Å². The topological polar surface area (TPSA) is 9.23 Å². The highest BCUT2D eigenvalue weighted by Crippen LogP contribution is 2.09. The summed E-state index contributed by atoms with van der Waals surface area (Å²) < 4.78 is 4.25. The smallest absolute Gasteiger partial charge is 0.0351 e. The molecule has 1 rings (SSSR count). The molecule has 15 heavy (non-hydrogen) atoms. The SMILES string of the molecule is C=CC(C)Cc1ccc(C)cc1.COC. The zero-order valence-electron chi connectivity index (χ0n) is 10.3. The van der Waals surface area contributed by atoms with Gasteiger partial charge in [0.2, 0.25) is 0 Å². The second kappa shape index (κ2) is 8.25. The highest BCUT2D eigenvalue weighted by Gasteiger charge is 1.97. The third kappa shape index (κ3) is 6.92. The molecular formula is C14H22O. The van der Waals surface area contributed by atoms with Crippen LogP contribution in [0.5, 0.6) is 0 Å². The third-order valence-corrected chi connectivity index (χ3v) is 2.08. The van der Waals surface area contributed by atoms with Crippen molar-refractivity contribution in [2.45, 2.75) is 20.3 Å². The maximum atomic E-state index is 4.25. The Balaban J connectivity index is 0.000000583. The summed E-state index contributed by atoms with van der Waals surface area (Å²) in [6, 6.07) is 8.70. The fraction of sp³-hybridized carbons (Fsp3) is 0.429. The van der Waals surface area contributed by atoms with Crippen molar-refractivity contribution in [3.8, 4) is 0 Å². The summed E-state index contributed by atoms with van der Waals surface area (Å²) >= 11 is 0. The molecule has 0 saturated heterocycles. The molecule has 0 saturated carbocycles. The number of allylic oxidation sites excluding steroid dienone is 1. The highest BCUT2D eigenvalue weighted by molar-refractivity contribution is 5.21. The summed E-state index contributed by atoms with van der Waals surface area (Å²) in [4.78, 5) is 0. The van der Waals surface area contributed by atoms with Crippen molar-refractivity contribution in [3.05, 3.63) is 48.0 Å². The van der Waals surface area contributed by atoms with E-state index >= 15 is 0 Å². The molecule has 1 aromatic rings. The van der Waals surface area contributed by atoms with Gasteiger partial charge in [-0.2, -0.15) is 0 Å². The van der Waals surface area contributed by atoms with Gasteiger partial charge in [0.1, 0.15) is 0 Å². The van der Waals surface area contributed by atoms with Crippen molar-refractivity contribution >= 4 is 0 Å². The number of hydrogen-bond acceptors (Lipinski definition) is 1. The summed E-state index contributed by atoms with van der Waals surface area (Å²) in [6.07, 6.45) is 3.10. The lowest BCUT2D eigenvalue weighted by atomic mass is 10.0. The van der Waals surface area contributed by atoms with Gasteiger partial charge in [0.25, 0.3) is 0 Å². The second-order valence-corrected chi connectivity index (χ2v) is 3.81. The van der Waals surface area contributed by atoms with Crippen molar-refractivity contribution in [1.82, 2.24) is 0 Å². The Hall–Kier alpha value is -1.08. The quantitative estimate of drug-likeness (QED) is 0.686. The Morgan fingerprint density at radius 2 is 1.73 bits per heavy atom. The molecular weight excluding hydrogens is 184 g/mol. The monoisotopic (exact) mass is 206 g/mol. The summed E-state index contributed by atoms with van der Waals surface area (Å²) in [5.41, 5.74) is 2.72. The first kappa shape index (κ1) is 13.9. The maximum Gasteiger partial charge on any atom is 0.0351 e. The van der Waals surface area contributed by atoms with Gasteiger partial charge in [0.05, 0.1) is 0 Å². The van der Waals surface area contributed by atoms with Crippen LogP contribution in [0.25, 0.3) is 0 Å². The van der Waals surface area contributed by atoms with Crippen molar-refractivity contribution < 1.29 is 4.74 Å². The van der Waals surface area contributed by atoms with Gasteiger partial charge in [-0.1, -0.05) is 42.8 Å². The number of hydrogen-bond donors (Lipinski definition) is 0. The largest absolute Gasteiger partial charge is 0.388 e. The summed E-state index contributed by atoms with van der Waals surface area (Å²) in [6.45, 7) is 8.07. The fourth-order valence-corrected chi connectivity index (χ4v) is 1.18. The highest BCUT2D eigenvalue weighted by atomic mass is 16.4. The Morgan fingerprint density at radius 1 is 1.27 bits per heavy atom. The lowest BCUT2D eigenvalue weighted by Crippen LogP contribution is -1.94. The molecule has 0 aliphatic heterocycles. The van der Waals surface area contributed by atoms with E-state index < -0.39 is 0 Å². The molecule has 0 aliphatic carbocycles. The summed E-state index contributed by atoms with van der Waals surface area (Å²) in [5, 5.41) is 0. The van der Waals surface area contributed by atoms with Gasteiger partial charge in [-0.3, -0.25) is 0 Å². The molecule has 0 radical (unpaired) electrons. The minimum absolute atomic E-state index is 0.577. The van der Waals surface area contributed by atoms with Crippen LogP contribution in [0.2, 0.25) is 0 Å². The molecule has 1 nitrogen and oxygen atoms in total. The maximum absolute atomic E-state index is 4.25. The van der Waals surface area contributed by atoms with Crippen molar-refractivity contribution in [1.29, 1.82) is 0 Å². The lowest BCUT2D eigenvalue weighted by Gasteiger charge is -2.05. The van der Waals surface area contributed by atoms with E-state index in [-0.39, 0.29) is 0 Å². The standard InChI is InChI=1S/C12H16.C2H6O/c1-4-10(2)9-12-7-5-11(3)6-8-12;1-3-2/h4-8,10H,1,9H2,2-3H3;1-2H3. The molecule has 1 unspecified atom stereocenters. The molecule has 0 N–H and O–H groups in total. The zero-order chi connectivity index (χ0) is 11.7. The Kier molecular flexibility index (Phi) is 7.65. The molecule has 0 fully saturated rings. The first-order chi connectivity index (χ1) is 7.13. The number of methoxy groups -OCH3 is 1. The predicted molar refractivity (Wildman–Crippen MR) is 67.2 cm³/mol.